The minimum Gasteiger partial charge on any atom is -0.433 e. The van der Waals surface area contributed by atoms with Crippen molar-refractivity contribution in [3.8, 4) is 6.07 Å². The highest BCUT2D eigenvalue weighted by molar-refractivity contribution is 5.89. The molecule has 2 aliphatic rings. The number of alkyl carbamates (subject to hydrolysis) is 1. The number of benzene rings is 2. The van der Waals surface area contributed by atoms with Crippen LogP contribution in [-0.4, -0.2) is 41.1 Å². The van der Waals surface area contributed by atoms with Crippen molar-refractivity contribution in [2.24, 2.45) is 0 Å². The molecule has 35 heavy (non-hydrogen) atoms. The maximum absolute atomic E-state index is 14.3. The fourth-order valence-electron chi connectivity index (χ4n) is 5.18. The van der Waals surface area contributed by atoms with E-state index in [4.69, 9.17) is 4.74 Å². The predicted molar refractivity (Wildman–Crippen MR) is 133 cm³/mol. The maximum atomic E-state index is 14.3. The summed E-state index contributed by atoms with van der Waals surface area (Å²) in [5.74, 6) is -0.251. The van der Waals surface area contributed by atoms with Gasteiger partial charge in [-0.3, -0.25) is 4.79 Å². The molecular formula is C28H34N4O3. The number of ether oxygens (including phenoxy) is 1. The van der Waals surface area contributed by atoms with E-state index in [1.165, 1.54) is 0 Å². The Morgan fingerprint density at radius 1 is 0.914 bits per heavy atom. The summed E-state index contributed by atoms with van der Waals surface area (Å²) < 4.78 is 6.00. The summed E-state index contributed by atoms with van der Waals surface area (Å²) in [4.78, 5) is 29.0. The minimum absolute atomic E-state index is 0.251. The molecule has 0 spiro atoms. The lowest BCUT2D eigenvalue weighted by atomic mass is 9.80. The molecule has 184 valence electrons. The molecule has 2 fully saturated rings. The Morgan fingerprint density at radius 3 is 2.11 bits per heavy atom. The summed E-state index contributed by atoms with van der Waals surface area (Å²) in [5, 5.41) is 16.4. The van der Waals surface area contributed by atoms with Crippen molar-refractivity contribution < 1.29 is 14.3 Å². The zero-order valence-electron chi connectivity index (χ0n) is 20.2. The third-order valence-electron chi connectivity index (χ3n) is 7.20. The summed E-state index contributed by atoms with van der Waals surface area (Å²) in [7, 11) is 0. The van der Waals surface area contributed by atoms with Crippen LogP contribution in [0.1, 0.15) is 56.1 Å². The number of nitrogens with one attached hydrogen (secondary N) is 2. The third-order valence-corrected chi connectivity index (χ3v) is 7.20. The molecule has 0 bridgehead atoms. The van der Waals surface area contributed by atoms with Gasteiger partial charge in [-0.1, -0.05) is 67.1 Å². The molecule has 0 radical (unpaired) electrons. The van der Waals surface area contributed by atoms with Gasteiger partial charge < -0.3 is 20.3 Å². The normalized spacial score (nSPS) is 18.6. The van der Waals surface area contributed by atoms with Gasteiger partial charge in [0.25, 0.3) is 5.91 Å². The maximum Gasteiger partial charge on any atom is 0.408 e. The van der Waals surface area contributed by atoms with Crippen LogP contribution in [0.15, 0.2) is 60.7 Å². The van der Waals surface area contributed by atoms with E-state index < -0.39 is 17.2 Å². The first-order valence-corrected chi connectivity index (χ1v) is 12.6. The molecule has 2 aromatic carbocycles. The van der Waals surface area contributed by atoms with Gasteiger partial charge in [0, 0.05) is 13.1 Å². The first kappa shape index (κ1) is 24.7. The molecule has 0 atom stereocenters. The topological polar surface area (TPSA) is 94.5 Å². The number of carbonyl (C=O) groups excluding carboxylic acids is 2. The van der Waals surface area contributed by atoms with Crippen molar-refractivity contribution in [2.75, 3.05) is 13.1 Å². The van der Waals surface area contributed by atoms with Crippen LogP contribution in [0, 0.1) is 11.3 Å². The van der Waals surface area contributed by atoms with Crippen LogP contribution in [0.5, 0.6) is 0 Å². The number of piperidine rings is 1. The molecular weight excluding hydrogens is 440 g/mol. The molecule has 1 saturated heterocycles. The zero-order valence-corrected chi connectivity index (χ0v) is 20.2. The van der Waals surface area contributed by atoms with Crippen LogP contribution in [-0.2, 0) is 22.6 Å². The van der Waals surface area contributed by atoms with Crippen molar-refractivity contribution in [3.63, 3.8) is 0 Å². The smallest absolute Gasteiger partial charge is 0.408 e. The van der Waals surface area contributed by atoms with Gasteiger partial charge in [0.1, 0.15) is 5.54 Å². The number of hydrogen-bond acceptors (Lipinski definition) is 5. The molecule has 2 amide bonds. The quantitative estimate of drug-likeness (QED) is 0.624. The highest BCUT2D eigenvalue weighted by Crippen LogP contribution is 2.38. The fourth-order valence-corrected chi connectivity index (χ4v) is 5.18. The largest absolute Gasteiger partial charge is 0.433 e. The lowest BCUT2D eigenvalue weighted by molar-refractivity contribution is -0.161. The Bertz CT molecular complexity index is 1020. The molecule has 7 heteroatoms. The summed E-state index contributed by atoms with van der Waals surface area (Å²) in [5.41, 5.74) is -0.291. The first-order valence-electron chi connectivity index (χ1n) is 12.6. The van der Waals surface area contributed by atoms with E-state index in [0.29, 0.717) is 51.9 Å². The minimum atomic E-state index is -1.26. The van der Waals surface area contributed by atoms with Gasteiger partial charge >= 0.3 is 6.09 Å². The summed E-state index contributed by atoms with van der Waals surface area (Å²) >= 11 is 0. The van der Waals surface area contributed by atoms with E-state index in [1.54, 1.807) is 4.90 Å². The number of hydrogen-bond donors (Lipinski definition) is 2. The standard InChI is InChI=1S/C28H34N4O3/c29-22-27(16-18-30-19-17-27)32(21-24-12-6-2-7-13-24)25(33)28(14-8-3-9-15-28)35-26(34)31-20-23-10-4-1-5-11-23/h1-2,4-7,10-13,30H,3,8-9,14-21H2,(H,31,34). The van der Waals surface area contributed by atoms with Crippen LogP contribution in [0.3, 0.4) is 0 Å². The Kier molecular flexibility index (Phi) is 8.04. The second-order valence-corrected chi connectivity index (χ2v) is 9.55. The monoisotopic (exact) mass is 474 g/mol. The Hall–Kier alpha value is -3.37. The van der Waals surface area contributed by atoms with Gasteiger partial charge in [0.05, 0.1) is 6.07 Å². The van der Waals surface area contributed by atoms with Crippen LogP contribution in [0.25, 0.3) is 0 Å². The molecule has 0 unspecified atom stereocenters. The Morgan fingerprint density at radius 2 is 1.51 bits per heavy atom. The van der Waals surface area contributed by atoms with Gasteiger partial charge in [-0.05, 0) is 62.7 Å². The summed E-state index contributed by atoms with van der Waals surface area (Å²) in [6, 6.07) is 21.8. The van der Waals surface area contributed by atoms with E-state index >= 15 is 0 Å². The number of amides is 2. The van der Waals surface area contributed by atoms with Crippen molar-refractivity contribution in [3.05, 3.63) is 71.8 Å². The Balaban J connectivity index is 1.60. The van der Waals surface area contributed by atoms with Crippen LogP contribution in [0.4, 0.5) is 4.79 Å². The van der Waals surface area contributed by atoms with E-state index in [2.05, 4.69) is 16.7 Å². The fraction of sp³-hybridized carbons (Fsp3) is 0.464. The molecule has 1 aliphatic carbocycles. The summed E-state index contributed by atoms with van der Waals surface area (Å²) in [6.07, 6.45) is 4.02. The predicted octanol–water partition coefficient (Wildman–Crippen LogP) is 4.29. The zero-order chi connectivity index (χ0) is 24.6. The SMILES string of the molecule is N#CC1(N(Cc2ccccc2)C(=O)C2(OC(=O)NCc3ccccc3)CCCCC2)CCNCC1. The van der Waals surface area contributed by atoms with E-state index in [1.807, 2.05) is 60.7 Å². The third kappa shape index (κ3) is 5.83. The number of nitriles is 1. The lowest BCUT2D eigenvalue weighted by Crippen LogP contribution is -2.62. The highest BCUT2D eigenvalue weighted by atomic mass is 16.6. The van der Waals surface area contributed by atoms with Crippen molar-refractivity contribution in [1.82, 2.24) is 15.5 Å². The Labute approximate surface area is 207 Å². The van der Waals surface area contributed by atoms with E-state index in [9.17, 15) is 14.9 Å². The first-order chi connectivity index (χ1) is 17.1. The summed E-state index contributed by atoms with van der Waals surface area (Å²) in [6.45, 7) is 1.96. The van der Waals surface area contributed by atoms with Gasteiger partial charge in [-0.25, -0.2) is 4.79 Å². The number of carbonyl (C=O) groups is 2. The second-order valence-electron chi connectivity index (χ2n) is 9.55. The molecule has 1 saturated carbocycles. The molecule has 7 nitrogen and oxygen atoms in total. The van der Waals surface area contributed by atoms with Crippen molar-refractivity contribution >= 4 is 12.0 Å². The lowest BCUT2D eigenvalue weighted by Gasteiger charge is -2.46. The average molecular weight is 475 g/mol. The average Bonchev–Trinajstić information content (AvgIpc) is 2.92. The molecule has 1 aliphatic heterocycles. The van der Waals surface area contributed by atoms with Gasteiger partial charge in [-0.2, -0.15) is 5.26 Å². The highest BCUT2D eigenvalue weighted by Gasteiger charge is 2.51. The van der Waals surface area contributed by atoms with Crippen LogP contribution in [0.2, 0.25) is 0 Å². The van der Waals surface area contributed by atoms with Gasteiger partial charge in [0.15, 0.2) is 5.60 Å². The van der Waals surface area contributed by atoms with Gasteiger partial charge in [-0.15, -0.1) is 0 Å². The second kappa shape index (κ2) is 11.4. The molecule has 2 N–H and O–H groups in total. The number of rotatable bonds is 7. The molecule has 1 heterocycles. The van der Waals surface area contributed by atoms with Crippen molar-refractivity contribution in [2.45, 2.75) is 69.2 Å². The molecule has 0 aromatic heterocycles. The van der Waals surface area contributed by atoms with Crippen molar-refractivity contribution in [1.29, 1.82) is 5.26 Å². The van der Waals surface area contributed by atoms with E-state index in [0.717, 1.165) is 30.4 Å². The molecule has 4 rings (SSSR count). The van der Waals surface area contributed by atoms with Crippen LogP contribution >= 0.6 is 0 Å². The van der Waals surface area contributed by atoms with Crippen LogP contribution < -0.4 is 10.6 Å². The number of nitrogens with zero attached hydrogens (tertiary/aromatic N) is 2. The van der Waals surface area contributed by atoms with E-state index in [-0.39, 0.29) is 5.91 Å². The molecule has 2 aromatic rings. The van der Waals surface area contributed by atoms with Gasteiger partial charge in [0.2, 0.25) is 0 Å².